The third-order valence-corrected chi connectivity index (χ3v) is 5.11. The molecule has 1 fully saturated rings. The fourth-order valence-electron chi connectivity index (χ4n) is 3.53. The van der Waals surface area contributed by atoms with Gasteiger partial charge in [0.1, 0.15) is 0 Å². The van der Waals surface area contributed by atoms with E-state index >= 15 is 0 Å². The van der Waals surface area contributed by atoms with Crippen molar-refractivity contribution in [3.8, 4) is 5.69 Å². The number of hydrogen-bond donors (Lipinski definition) is 1. The van der Waals surface area contributed by atoms with E-state index in [0.717, 1.165) is 41.4 Å². The molecule has 4 nitrogen and oxygen atoms in total. The Balaban J connectivity index is 1.69. The van der Waals surface area contributed by atoms with Gasteiger partial charge in [0.2, 0.25) is 5.91 Å². The topological polar surface area (TPSA) is 46.9 Å². The number of aromatic nitrogens is 2. The summed E-state index contributed by atoms with van der Waals surface area (Å²) in [4.78, 5) is 12.2. The zero-order chi connectivity index (χ0) is 17.8. The van der Waals surface area contributed by atoms with Crippen LogP contribution in [0.5, 0.6) is 0 Å². The second-order valence-electron chi connectivity index (χ2n) is 7.13. The lowest BCUT2D eigenvalue weighted by Gasteiger charge is -2.26. The molecule has 1 amide bonds. The SMILES string of the molecule is Cc1nn(-c2ccccc2)c(C)c1/C=C/C(=O)NC1CCC(C)CC1. The molecule has 1 aliphatic carbocycles. The van der Waals surface area contributed by atoms with Crippen molar-refractivity contribution in [2.75, 3.05) is 0 Å². The van der Waals surface area contributed by atoms with E-state index in [0.29, 0.717) is 6.04 Å². The van der Waals surface area contributed by atoms with Gasteiger partial charge < -0.3 is 5.32 Å². The van der Waals surface area contributed by atoms with Gasteiger partial charge in [0.15, 0.2) is 0 Å². The third-order valence-electron chi connectivity index (χ3n) is 5.11. The number of benzene rings is 1. The second kappa shape index (κ2) is 7.68. The molecule has 1 heterocycles. The minimum absolute atomic E-state index is 0.00851. The van der Waals surface area contributed by atoms with Gasteiger partial charge in [0, 0.05) is 23.4 Å². The lowest BCUT2D eigenvalue weighted by molar-refractivity contribution is -0.117. The number of carbonyl (C=O) groups is 1. The lowest BCUT2D eigenvalue weighted by atomic mass is 9.87. The summed E-state index contributed by atoms with van der Waals surface area (Å²) in [5, 5.41) is 7.75. The molecule has 1 aromatic heterocycles. The van der Waals surface area contributed by atoms with Gasteiger partial charge in [-0.2, -0.15) is 5.10 Å². The van der Waals surface area contributed by atoms with E-state index in [1.165, 1.54) is 12.8 Å². The predicted molar refractivity (Wildman–Crippen MR) is 102 cm³/mol. The van der Waals surface area contributed by atoms with E-state index < -0.39 is 0 Å². The molecular weight excluding hydrogens is 310 g/mol. The van der Waals surface area contributed by atoms with E-state index in [1.54, 1.807) is 6.08 Å². The number of amides is 1. The minimum atomic E-state index is -0.00851. The first-order valence-corrected chi connectivity index (χ1v) is 9.15. The minimum Gasteiger partial charge on any atom is -0.350 e. The van der Waals surface area contributed by atoms with Crippen LogP contribution in [0, 0.1) is 19.8 Å². The Morgan fingerprint density at radius 3 is 2.52 bits per heavy atom. The number of hydrogen-bond acceptors (Lipinski definition) is 2. The first-order valence-electron chi connectivity index (χ1n) is 9.15. The summed E-state index contributed by atoms with van der Waals surface area (Å²) in [6.45, 7) is 6.30. The van der Waals surface area contributed by atoms with Gasteiger partial charge in [-0.25, -0.2) is 4.68 Å². The van der Waals surface area contributed by atoms with Crippen LogP contribution < -0.4 is 5.32 Å². The molecule has 132 valence electrons. The number of nitrogens with zero attached hydrogens (tertiary/aromatic N) is 2. The molecule has 4 heteroatoms. The van der Waals surface area contributed by atoms with Crippen molar-refractivity contribution in [3.63, 3.8) is 0 Å². The van der Waals surface area contributed by atoms with Gasteiger partial charge in [0.05, 0.1) is 11.4 Å². The van der Waals surface area contributed by atoms with Crippen molar-refractivity contribution in [1.29, 1.82) is 0 Å². The maximum atomic E-state index is 12.2. The molecule has 0 saturated heterocycles. The highest BCUT2D eigenvalue weighted by atomic mass is 16.1. The van der Waals surface area contributed by atoms with Crippen molar-refractivity contribution in [2.45, 2.75) is 52.5 Å². The van der Waals surface area contributed by atoms with Crippen LogP contribution in [0.2, 0.25) is 0 Å². The predicted octanol–water partition coefficient (Wildman–Crippen LogP) is 4.20. The zero-order valence-electron chi connectivity index (χ0n) is 15.3. The van der Waals surface area contributed by atoms with Gasteiger partial charge in [0.25, 0.3) is 0 Å². The average Bonchev–Trinajstić information content (AvgIpc) is 2.90. The number of para-hydroxylation sites is 1. The molecule has 0 radical (unpaired) electrons. The normalized spacial score (nSPS) is 20.8. The van der Waals surface area contributed by atoms with E-state index in [9.17, 15) is 4.79 Å². The number of aryl methyl sites for hydroxylation is 1. The zero-order valence-corrected chi connectivity index (χ0v) is 15.3. The quantitative estimate of drug-likeness (QED) is 0.850. The van der Waals surface area contributed by atoms with Crippen LogP contribution in [0.3, 0.4) is 0 Å². The molecule has 0 spiro atoms. The van der Waals surface area contributed by atoms with Gasteiger partial charge >= 0.3 is 0 Å². The first kappa shape index (κ1) is 17.5. The summed E-state index contributed by atoms with van der Waals surface area (Å²) >= 11 is 0. The van der Waals surface area contributed by atoms with Crippen LogP contribution in [0.1, 0.15) is 49.6 Å². The van der Waals surface area contributed by atoms with E-state index in [2.05, 4.69) is 17.3 Å². The van der Waals surface area contributed by atoms with Gasteiger partial charge in [-0.05, 0) is 63.7 Å². The van der Waals surface area contributed by atoms with Gasteiger partial charge in [-0.3, -0.25) is 4.79 Å². The van der Waals surface area contributed by atoms with Gasteiger partial charge in [-0.15, -0.1) is 0 Å². The Kier molecular flexibility index (Phi) is 5.37. The number of rotatable bonds is 4. The highest BCUT2D eigenvalue weighted by Gasteiger charge is 2.19. The van der Waals surface area contributed by atoms with Crippen LogP contribution in [0.15, 0.2) is 36.4 Å². The monoisotopic (exact) mass is 337 g/mol. The van der Waals surface area contributed by atoms with E-state index in [4.69, 9.17) is 0 Å². The van der Waals surface area contributed by atoms with E-state index in [1.807, 2.05) is 54.9 Å². The summed E-state index contributed by atoms with van der Waals surface area (Å²) in [6, 6.07) is 10.4. The van der Waals surface area contributed by atoms with Crippen LogP contribution in [0.4, 0.5) is 0 Å². The van der Waals surface area contributed by atoms with Crippen molar-refractivity contribution in [2.24, 2.45) is 5.92 Å². The summed E-state index contributed by atoms with van der Waals surface area (Å²) in [5.41, 5.74) is 4.01. The highest BCUT2D eigenvalue weighted by Crippen LogP contribution is 2.23. The second-order valence-corrected chi connectivity index (χ2v) is 7.13. The van der Waals surface area contributed by atoms with Crippen LogP contribution in [0.25, 0.3) is 11.8 Å². The Labute approximate surface area is 149 Å². The average molecular weight is 337 g/mol. The first-order chi connectivity index (χ1) is 12.0. The fraction of sp³-hybridized carbons (Fsp3) is 0.429. The molecule has 3 rings (SSSR count). The molecule has 1 aromatic carbocycles. The Morgan fingerprint density at radius 1 is 1.16 bits per heavy atom. The molecule has 0 unspecified atom stereocenters. The summed E-state index contributed by atoms with van der Waals surface area (Å²) in [5.74, 6) is 0.781. The number of carbonyl (C=O) groups excluding carboxylic acids is 1. The molecule has 1 aliphatic rings. The standard InChI is InChI=1S/C21H27N3O/c1-15-9-11-18(12-10-15)22-21(25)14-13-20-16(2)23-24(17(20)3)19-7-5-4-6-8-19/h4-8,13-15,18H,9-12H2,1-3H3,(H,22,25)/b14-13+. The molecule has 25 heavy (non-hydrogen) atoms. The molecule has 1 saturated carbocycles. The lowest BCUT2D eigenvalue weighted by Crippen LogP contribution is -2.36. The summed E-state index contributed by atoms with van der Waals surface area (Å²) < 4.78 is 1.93. The third kappa shape index (κ3) is 4.19. The molecule has 0 bridgehead atoms. The smallest absolute Gasteiger partial charge is 0.244 e. The molecule has 1 N–H and O–H groups in total. The van der Waals surface area contributed by atoms with Crippen LogP contribution in [-0.4, -0.2) is 21.7 Å². The van der Waals surface area contributed by atoms with Gasteiger partial charge in [-0.1, -0.05) is 25.1 Å². The Hall–Kier alpha value is -2.36. The largest absolute Gasteiger partial charge is 0.350 e. The molecule has 2 aromatic rings. The fourth-order valence-corrected chi connectivity index (χ4v) is 3.53. The Bertz CT molecular complexity index is 753. The molecular formula is C21H27N3O. The maximum Gasteiger partial charge on any atom is 0.244 e. The molecule has 0 atom stereocenters. The van der Waals surface area contributed by atoms with Crippen molar-refractivity contribution < 1.29 is 4.79 Å². The summed E-state index contributed by atoms with van der Waals surface area (Å²) in [6.07, 6.45) is 8.12. The van der Waals surface area contributed by atoms with E-state index in [-0.39, 0.29) is 5.91 Å². The van der Waals surface area contributed by atoms with Crippen molar-refractivity contribution in [1.82, 2.24) is 15.1 Å². The Morgan fingerprint density at radius 2 is 1.84 bits per heavy atom. The maximum absolute atomic E-state index is 12.2. The molecule has 0 aliphatic heterocycles. The van der Waals surface area contributed by atoms with Crippen LogP contribution >= 0.6 is 0 Å². The van der Waals surface area contributed by atoms with Crippen molar-refractivity contribution >= 4 is 12.0 Å². The van der Waals surface area contributed by atoms with Crippen molar-refractivity contribution in [3.05, 3.63) is 53.4 Å². The van der Waals surface area contributed by atoms with Crippen LogP contribution in [-0.2, 0) is 4.79 Å². The number of nitrogens with one attached hydrogen (secondary N) is 1. The summed E-state index contributed by atoms with van der Waals surface area (Å²) in [7, 11) is 0. The highest BCUT2D eigenvalue weighted by molar-refractivity contribution is 5.92.